The summed E-state index contributed by atoms with van der Waals surface area (Å²) >= 11 is 0. The number of likely N-dealkylation sites (tertiary alicyclic amines) is 1. The number of aliphatic hydroxyl groups is 1. The molecule has 1 saturated heterocycles. The zero-order valence-corrected chi connectivity index (χ0v) is 11.6. The van der Waals surface area contributed by atoms with E-state index in [1.807, 2.05) is 13.8 Å². The molecule has 0 saturated carbocycles. The molecule has 0 radical (unpaired) electrons. The van der Waals surface area contributed by atoms with Gasteiger partial charge in [0.1, 0.15) is 0 Å². The molecule has 104 valence electrons. The van der Waals surface area contributed by atoms with Gasteiger partial charge in [0.2, 0.25) is 11.8 Å². The highest BCUT2D eigenvalue weighted by molar-refractivity contribution is 5.80. The van der Waals surface area contributed by atoms with E-state index in [9.17, 15) is 9.59 Å². The van der Waals surface area contributed by atoms with Gasteiger partial charge in [-0.05, 0) is 26.7 Å². The van der Waals surface area contributed by atoms with Crippen LogP contribution in [0.15, 0.2) is 0 Å². The lowest BCUT2D eigenvalue weighted by atomic mass is 9.94. The van der Waals surface area contributed by atoms with E-state index in [1.165, 1.54) is 0 Å². The summed E-state index contributed by atoms with van der Waals surface area (Å²) in [5.74, 6) is 0.189. The quantitative estimate of drug-likeness (QED) is 0.795. The van der Waals surface area contributed by atoms with Gasteiger partial charge < -0.3 is 14.9 Å². The van der Waals surface area contributed by atoms with Crippen molar-refractivity contribution in [2.75, 3.05) is 26.2 Å². The summed E-state index contributed by atoms with van der Waals surface area (Å²) < 4.78 is 0. The SMILES string of the molecule is CC(=O)N1CCC(C(=O)N(CCO)C(C)C)CC1. The largest absolute Gasteiger partial charge is 0.395 e. The summed E-state index contributed by atoms with van der Waals surface area (Å²) in [5.41, 5.74) is 0. The summed E-state index contributed by atoms with van der Waals surface area (Å²) in [5, 5.41) is 9.00. The van der Waals surface area contributed by atoms with Gasteiger partial charge in [0.15, 0.2) is 0 Å². The summed E-state index contributed by atoms with van der Waals surface area (Å²) in [6.45, 7) is 7.19. The minimum Gasteiger partial charge on any atom is -0.395 e. The highest BCUT2D eigenvalue weighted by Gasteiger charge is 2.29. The van der Waals surface area contributed by atoms with Crippen molar-refractivity contribution in [3.63, 3.8) is 0 Å². The van der Waals surface area contributed by atoms with Crippen LogP contribution in [-0.4, -0.2) is 59.0 Å². The lowest BCUT2D eigenvalue weighted by Gasteiger charge is -2.35. The third-order valence-electron chi connectivity index (χ3n) is 3.54. The van der Waals surface area contributed by atoms with E-state index in [1.54, 1.807) is 16.7 Å². The molecule has 1 fully saturated rings. The maximum atomic E-state index is 12.3. The molecule has 0 aromatic carbocycles. The van der Waals surface area contributed by atoms with Crippen LogP contribution in [-0.2, 0) is 9.59 Å². The number of nitrogens with zero attached hydrogens (tertiary/aromatic N) is 2. The maximum Gasteiger partial charge on any atom is 0.226 e. The summed E-state index contributed by atoms with van der Waals surface area (Å²) in [7, 11) is 0. The fraction of sp³-hybridized carbons (Fsp3) is 0.846. The second-order valence-electron chi connectivity index (χ2n) is 5.13. The van der Waals surface area contributed by atoms with E-state index in [0.29, 0.717) is 19.6 Å². The zero-order valence-electron chi connectivity index (χ0n) is 11.6. The highest BCUT2D eigenvalue weighted by atomic mass is 16.3. The first-order valence-corrected chi connectivity index (χ1v) is 6.64. The van der Waals surface area contributed by atoms with Gasteiger partial charge in [0.05, 0.1) is 6.61 Å². The van der Waals surface area contributed by atoms with Gasteiger partial charge in [-0.25, -0.2) is 0 Å². The molecule has 0 aliphatic carbocycles. The highest BCUT2D eigenvalue weighted by Crippen LogP contribution is 2.20. The second kappa shape index (κ2) is 6.73. The Bertz CT molecular complexity index is 297. The van der Waals surface area contributed by atoms with Gasteiger partial charge in [0.25, 0.3) is 0 Å². The lowest BCUT2D eigenvalue weighted by molar-refractivity contribution is -0.141. The molecular weight excluding hydrogens is 232 g/mol. The molecule has 0 spiro atoms. The Hall–Kier alpha value is -1.10. The summed E-state index contributed by atoms with van der Waals surface area (Å²) in [6, 6.07) is 0.107. The van der Waals surface area contributed by atoms with Crippen molar-refractivity contribution in [3.8, 4) is 0 Å². The van der Waals surface area contributed by atoms with Crippen molar-refractivity contribution in [1.29, 1.82) is 0 Å². The Labute approximate surface area is 109 Å². The van der Waals surface area contributed by atoms with E-state index < -0.39 is 0 Å². The summed E-state index contributed by atoms with van der Waals surface area (Å²) in [6.07, 6.45) is 1.46. The monoisotopic (exact) mass is 256 g/mol. The van der Waals surface area contributed by atoms with Crippen molar-refractivity contribution in [2.24, 2.45) is 5.92 Å². The molecule has 18 heavy (non-hydrogen) atoms. The predicted octanol–water partition coefficient (Wildman–Crippen LogP) is 0.474. The number of carbonyl (C=O) groups excluding carboxylic acids is 2. The first-order chi connectivity index (χ1) is 8.47. The molecule has 0 atom stereocenters. The van der Waals surface area contributed by atoms with E-state index in [0.717, 1.165) is 12.8 Å². The Kier molecular flexibility index (Phi) is 5.59. The fourth-order valence-corrected chi connectivity index (χ4v) is 2.41. The van der Waals surface area contributed by atoms with Crippen molar-refractivity contribution in [3.05, 3.63) is 0 Å². The van der Waals surface area contributed by atoms with Crippen LogP contribution in [0.1, 0.15) is 33.6 Å². The average molecular weight is 256 g/mol. The molecule has 1 N–H and O–H groups in total. The topological polar surface area (TPSA) is 60.9 Å². The number of hydrogen-bond acceptors (Lipinski definition) is 3. The number of aliphatic hydroxyl groups excluding tert-OH is 1. The van der Waals surface area contributed by atoms with E-state index in [2.05, 4.69) is 0 Å². The van der Waals surface area contributed by atoms with E-state index in [4.69, 9.17) is 5.11 Å². The van der Waals surface area contributed by atoms with Crippen molar-refractivity contribution >= 4 is 11.8 Å². The van der Waals surface area contributed by atoms with Gasteiger partial charge in [0, 0.05) is 38.5 Å². The zero-order chi connectivity index (χ0) is 13.7. The second-order valence-corrected chi connectivity index (χ2v) is 5.13. The molecule has 0 aromatic rings. The van der Waals surface area contributed by atoms with E-state index in [-0.39, 0.29) is 30.4 Å². The van der Waals surface area contributed by atoms with Crippen LogP contribution in [0.25, 0.3) is 0 Å². The number of carbonyl (C=O) groups is 2. The molecule has 1 rings (SSSR count). The molecule has 1 aliphatic rings. The van der Waals surface area contributed by atoms with Crippen LogP contribution in [0.3, 0.4) is 0 Å². The van der Waals surface area contributed by atoms with Gasteiger partial charge in [-0.2, -0.15) is 0 Å². The van der Waals surface area contributed by atoms with Crippen molar-refractivity contribution < 1.29 is 14.7 Å². The van der Waals surface area contributed by atoms with Crippen LogP contribution in [0.2, 0.25) is 0 Å². The van der Waals surface area contributed by atoms with Gasteiger partial charge >= 0.3 is 0 Å². The molecule has 0 bridgehead atoms. The third-order valence-corrected chi connectivity index (χ3v) is 3.54. The molecular formula is C13H24N2O3. The Morgan fingerprint density at radius 2 is 1.89 bits per heavy atom. The van der Waals surface area contributed by atoms with Gasteiger partial charge in [-0.1, -0.05) is 0 Å². The third kappa shape index (κ3) is 3.70. The predicted molar refractivity (Wildman–Crippen MR) is 68.9 cm³/mol. The molecule has 1 heterocycles. The molecule has 1 aliphatic heterocycles. The number of piperidine rings is 1. The van der Waals surface area contributed by atoms with Gasteiger partial charge in [-0.3, -0.25) is 9.59 Å². The molecule has 5 nitrogen and oxygen atoms in total. The Balaban J connectivity index is 2.55. The van der Waals surface area contributed by atoms with Crippen LogP contribution in [0, 0.1) is 5.92 Å². The van der Waals surface area contributed by atoms with Crippen LogP contribution in [0.5, 0.6) is 0 Å². The fourth-order valence-electron chi connectivity index (χ4n) is 2.41. The number of amides is 2. The summed E-state index contributed by atoms with van der Waals surface area (Å²) in [4.78, 5) is 27.1. The minimum absolute atomic E-state index is 0.00376. The molecule has 0 unspecified atom stereocenters. The normalized spacial score (nSPS) is 17.1. The van der Waals surface area contributed by atoms with Crippen LogP contribution < -0.4 is 0 Å². The number of hydrogen-bond donors (Lipinski definition) is 1. The van der Waals surface area contributed by atoms with E-state index >= 15 is 0 Å². The Morgan fingerprint density at radius 1 is 1.33 bits per heavy atom. The first kappa shape index (κ1) is 15.0. The molecule has 2 amide bonds. The van der Waals surface area contributed by atoms with Crippen LogP contribution >= 0.6 is 0 Å². The Morgan fingerprint density at radius 3 is 2.28 bits per heavy atom. The minimum atomic E-state index is -0.00505. The maximum absolute atomic E-state index is 12.3. The smallest absolute Gasteiger partial charge is 0.226 e. The average Bonchev–Trinajstić information content (AvgIpc) is 2.35. The number of rotatable bonds is 4. The van der Waals surface area contributed by atoms with Gasteiger partial charge in [-0.15, -0.1) is 0 Å². The lowest BCUT2D eigenvalue weighted by Crippen LogP contribution is -2.46. The van der Waals surface area contributed by atoms with Crippen LogP contribution in [0.4, 0.5) is 0 Å². The molecule has 0 aromatic heterocycles. The standard InChI is InChI=1S/C13H24N2O3/c1-10(2)15(8-9-16)13(18)12-4-6-14(7-5-12)11(3)17/h10,12,16H,4-9H2,1-3H3. The first-order valence-electron chi connectivity index (χ1n) is 6.64. The van der Waals surface area contributed by atoms with Crippen molar-refractivity contribution in [1.82, 2.24) is 9.80 Å². The van der Waals surface area contributed by atoms with Crippen molar-refractivity contribution in [2.45, 2.75) is 39.7 Å². The molecule has 5 heteroatoms.